The molecule has 0 saturated carbocycles. The summed E-state index contributed by atoms with van der Waals surface area (Å²) in [6.45, 7) is 3.76. The van der Waals surface area contributed by atoms with Gasteiger partial charge in [-0.2, -0.15) is 0 Å². The van der Waals surface area contributed by atoms with Crippen LogP contribution in [0.1, 0.15) is 31.4 Å². The Morgan fingerprint density at radius 2 is 1.84 bits per heavy atom. The highest BCUT2D eigenvalue weighted by molar-refractivity contribution is 6.15. The lowest BCUT2D eigenvalue weighted by Gasteiger charge is -2.31. The molecule has 0 aromatic heterocycles. The number of carbonyl (C=O) groups is 3. The molecule has 0 bridgehead atoms. The van der Waals surface area contributed by atoms with Crippen LogP contribution in [-0.4, -0.2) is 34.7 Å². The largest absolute Gasteiger partial charge is 0.324 e. The van der Waals surface area contributed by atoms with Gasteiger partial charge in [-0.1, -0.05) is 37.3 Å². The summed E-state index contributed by atoms with van der Waals surface area (Å²) in [5.41, 5.74) is 0.405. The molecular weight excluding hydrogens is 397 g/mol. The van der Waals surface area contributed by atoms with Crippen molar-refractivity contribution in [3.63, 3.8) is 0 Å². The first-order valence-electron chi connectivity index (χ1n) is 10.7. The molecule has 3 aliphatic rings. The number of amides is 3. The van der Waals surface area contributed by atoms with Crippen LogP contribution in [-0.2, 0) is 26.3 Å². The maximum Gasteiger partial charge on any atom is 0.250 e. The quantitative estimate of drug-likeness (QED) is 0.744. The standard InChI is InChI=1S/C24H24FN3O3/c1-3-13(2)28-21(29)19-18(11-14-7-5-4-6-8-14)27-24(20(19)22(28)30)16-12-15(25)9-10-17(16)26-23(24)31/h4-10,12-13,18-20,27H,3,11H2,1-2H3,(H,26,31)/t13-,18+,19+,20-,24+/m0/s1. The molecule has 1 spiro atoms. The summed E-state index contributed by atoms with van der Waals surface area (Å²) in [6.07, 6.45) is 1.10. The number of rotatable bonds is 4. The lowest BCUT2D eigenvalue weighted by Crippen LogP contribution is -2.54. The fraction of sp³-hybridized carbons (Fsp3) is 0.375. The minimum absolute atomic E-state index is 0.257. The number of imide groups is 1. The van der Waals surface area contributed by atoms with Crippen LogP contribution in [0, 0.1) is 17.7 Å². The zero-order valence-corrected chi connectivity index (χ0v) is 17.4. The van der Waals surface area contributed by atoms with Gasteiger partial charge in [0.2, 0.25) is 17.7 Å². The third kappa shape index (κ3) is 2.69. The number of benzene rings is 2. The Kier molecular flexibility index (Phi) is 4.48. The molecule has 2 saturated heterocycles. The number of nitrogens with zero attached hydrogens (tertiary/aromatic N) is 1. The van der Waals surface area contributed by atoms with Gasteiger partial charge in [0.25, 0.3) is 0 Å². The lowest BCUT2D eigenvalue weighted by atomic mass is 9.76. The van der Waals surface area contributed by atoms with Gasteiger partial charge in [-0.3, -0.25) is 24.6 Å². The van der Waals surface area contributed by atoms with Gasteiger partial charge < -0.3 is 5.32 Å². The Morgan fingerprint density at radius 1 is 1.10 bits per heavy atom. The number of hydrogen-bond acceptors (Lipinski definition) is 4. The summed E-state index contributed by atoms with van der Waals surface area (Å²) in [7, 11) is 0. The van der Waals surface area contributed by atoms with Crippen molar-refractivity contribution in [3.8, 4) is 0 Å². The van der Waals surface area contributed by atoms with Crippen LogP contribution in [0.4, 0.5) is 10.1 Å². The number of anilines is 1. The summed E-state index contributed by atoms with van der Waals surface area (Å²) in [5.74, 6) is -3.12. The van der Waals surface area contributed by atoms with E-state index in [1.54, 1.807) is 0 Å². The molecule has 6 nitrogen and oxygen atoms in total. The first kappa shape index (κ1) is 19.9. The summed E-state index contributed by atoms with van der Waals surface area (Å²) < 4.78 is 14.2. The maximum atomic E-state index is 14.2. The van der Waals surface area contributed by atoms with E-state index in [0.29, 0.717) is 24.1 Å². The van der Waals surface area contributed by atoms with Crippen LogP contribution < -0.4 is 10.6 Å². The average molecular weight is 421 g/mol. The van der Waals surface area contributed by atoms with Crippen LogP contribution >= 0.6 is 0 Å². The predicted octanol–water partition coefficient (Wildman–Crippen LogP) is 2.59. The number of carbonyl (C=O) groups excluding carboxylic acids is 3. The first-order valence-corrected chi connectivity index (χ1v) is 10.7. The van der Waals surface area contributed by atoms with Crippen LogP contribution in [0.2, 0.25) is 0 Å². The summed E-state index contributed by atoms with van der Waals surface area (Å²) >= 11 is 0. The Balaban J connectivity index is 1.66. The van der Waals surface area contributed by atoms with E-state index in [1.807, 2.05) is 44.2 Å². The molecular formula is C24H24FN3O3. The normalized spacial score (nSPS) is 30.0. The van der Waals surface area contributed by atoms with E-state index in [4.69, 9.17) is 0 Å². The van der Waals surface area contributed by atoms with Crippen molar-refractivity contribution in [2.45, 2.75) is 44.3 Å². The number of halogens is 1. The van der Waals surface area contributed by atoms with E-state index in [0.717, 1.165) is 5.56 Å². The second kappa shape index (κ2) is 6.99. The lowest BCUT2D eigenvalue weighted by molar-refractivity contribution is -0.145. The van der Waals surface area contributed by atoms with Gasteiger partial charge in [-0.05, 0) is 43.5 Å². The molecule has 3 amide bonds. The van der Waals surface area contributed by atoms with Gasteiger partial charge in [-0.25, -0.2) is 4.39 Å². The molecule has 2 fully saturated rings. The van der Waals surface area contributed by atoms with E-state index < -0.39 is 35.1 Å². The molecule has 31 heavy (non-hydrogen) atoms. The van der Waals surface area contributed by atoms with E-state index in [1.165, 1.54) is 23.1 Å². The minimum Gasteiger partial charge on any atom is -0.324 e. The van der Waals surface area contributed by atoms with Crippen molar-refractivity contribution in [3.05, 3.63) is 65.5 Å². The van der Waals surface area contributed by atoms with Crippen LogP contribution in [0.25, 0.3) is 0 Å². The Labute approximate surface area is 179 Å². The summed E-state index contributed by atoms with van der Waals surface area (Å²) in [4.78, 5) is 41.7. The zero-order chi connectivity index (χ0) is 21.9. The van der Waals surface area contributed by atoms with Crippen molar-refractivity contribution in [2.24, 2.45) is 11.8 Å². The highest BCUT2D eigenvalue weighted by atomic mass is 19.1. The summed E-state index contributed by atoms with van der Waals surface area (Å²) in [5, 5.41) is 6.14. The monoisotopic (exact) mass is 421 g/mol. The summed E-state index contributed by atoms with van der Waals surface area (Å²) in [6, 6.07) is 13.0. The van der Waals surface area contributed by atoms with E-state index in [9.17, 15) is 18.8 Å². The Hall–Kier alpha value is -3.06. The van der Waals surface area contributed by atoms with Gasteiger partial charge in [0.15, 0.2) is 0 Å². The van der Waals surface area contributed by atoms with Crippen LogP contribution in [0.15, 0.2) is 48.5 Å². The number of fused-ring (bicyclic) bond motifs is 4. The van der Waals surface area contributed by atoms with E-state index in [2.05, 4.69) is 10.6 Å². The first-order chi connectivity index (χ1) is 14.9. The molecule has 2 aromatic rings. The van der Waals surface area contributed by atoms with Gasteiger partial charge in [0, 0.05) is 23.3 Å². The van der Waals surface area contributed by atoms with Crippen molar-refractivity contribution in [1.82, 2.24) is 10.2 Å². The predicted molar refractivity (Wildman–Crippen MR) is 112 cm³/mol. The number of hydrogen-bond donors (Lipinski definition) is 2. The molecule has 2 aromatic carbocycles. The Morgan fingerprint density at radius 3 is 2.55 bits per heavy atom. The topological polar surface area (TPSA) is 78.5 Å². The average Bonchev–Trinajstić information content (AvgIpc) is 3.33. The third-order valence-corrected chi connectivity index (χ3v) is 7.04. The van der Waals surface area contributed by atoms with Gasteiger partial charge in [-0.15, -0.1) is 0 Å². The van der Waals surface area contributed by atoms with Crippen LogP contribution in [0.3, 0.4) is 0 Å². The van der Waals surface area contributed by atoms with Crippen molar-refractivity contribution >= 4 is 23.4 Å². The molecule has 0 radical (unpaired) electrons. The van der Waals surface area contributed by atoms with Gasteiger partial charge >= 0.3 is 0 Å². The number of likely N-dealkylation sites (tertiary alicyclic amines) is 1. The fourth-order valence-electron chi connectivity index (χ4n) is 5.46. The molecule has 0 aliphatic carbocycles. The maximum absolute atomic E-state index is 14.2. The molecule has 160 valence electrons. The minimum atomic E-state index is -1.46. The molecule has 0 unspecified atom stereocenters. The van der Waals surface area contributed by atoms with Crippen molar-refractivity contribution in [2.75, 3.05) is 5.32 Å². The van der Waals surface area contributed by atoms with Gasteiger partial charge in [0.1, 0.15) is 11.4 Å². The van der Waals surface area contributed by atoms with Crippen molar-refractivity contribution < 1.29 is 18.8 Å². The van der Waals surface area contributed by atoms with Crippen LogP contribution in [0.5, 0.6) is 0 Å². The Bertz CT molecular complexity index is 1090. The highest BCUT2D eigenvalue weighted by Crippen LogP contribution is 2.53. The highest BCUT2D eigenvalue weighted by Gasteiger charge is 2.70. The number of nitrogens with one attached hydrogen (secondary N) is 2. The smallest absolute Gasteiger partial charge is 0.250 e. The second-order valence-corrected chi connectivity index (χ2v) is 8.70. The van der Waals surface area contributed by atoms with E-state index in [-0.39, 0.29) is 17.9 Å². The third-order valence-electron chi connectivity index (χ3n) is 7.04. The molecule has 3 aliphatic heterocycles. The van der Waals surface area contributed by atoms with Crippen molar-refractivity contribution in [1.29, 1.82) is 0 Å². The molecule has 5 rings (SSSR count). The molecule has 5 atom stereocenters. The molecule has 2 N–H and O–H groups in total. The van der Waals surface area contributed by atoms with E-state index >= 15 is 0 Å². The molecule has 7 heteroatoms. The van der Waals surface area contributed by atoms with Gasteiger partial charge in [0.05, 0.1) is 11.8 Å². The second-order valence-electron chi connectivity index (χ2n) is 8.70. The SMILES string of the molecule is CC[C@H](C)N1C(=O)[C@H]2[C@@H](C1=O)[C@@]1(N[C@@H]2Cc2ccccc2)C(=O)Nc2ccc(F)cc21. The zero-order valence-electron chi connectivity index (χ0n) is 17.4. The molecule has 3 heterocycles. The fourth-order valence-corrected chi connectivity index (χ4v) is 5.46.